The average Bonchev–Trinajstić information content (AvgIpc) is 3.07. The van der Waals surface area contributed by atoms with E-state index in [1.54, 1.807) is 36.4 Å². The molecular weight excluding hydrogens is 390 g/mol. The Balaban J connectivity index is 1.52. The molecule has 0 radical (unpaired) electrons. The molecule has 1 atom stereocenters. The summed E-state index contributed by atoms with van der Waals surface area (Å²) in [5, 5.41) is 2.74. The number of carbonyl (C=O) groups is 2. The summed E-state index contributed by atoms with van der Waals surface area (Å²) in [5.41, 5.74) is 1.25. The van der Waals surface area contributed by atoms with Crippen LogP contribution in [-0.4, -0.2) is 24.8 Å². The molecular formula is C18H16BrNO5. The first-order valence-corrected chi connectivity index (χ1v) is 8.45. The highest BCUT2D eigenvalue weighted by Gasteiger charge is 2.19. The maximum absolute atomic E-state index is 12.1. The lowest BCUT2D eigenvalue weighted by molar-refractivity contribution is -0.129. The second-order valence-electron chi connectivity index (χ2n) is 5.46. The van der Waals surface area contributed by atoms with Gasteiger partial charge < -0.3 is 19.5 Å². The minimum Gasteiger partial charge on any atom is -0.454 e. The normalized spacial score (nSPS) is 13.2. The van der Waals surface area contributed by atoms with E-state index in [-0.39, 0.29) is 12.7 Å². The number of esters is 1. The molecule has 0 aliphatic carbocycles. The maximum atomic E-state index is 12.1. The molecule has 25 heavy (non-hydrogen) atoms. The Kier molecular flexibility index (Phi) is 5.23. The number of hydrogen-bond acceptors (Lipinski definition) is 5. The summed E-state index contributed by atoms with van der Waals surface area (Å²) in [6.07, 6.45) is -0.898. The monoisotopic (exact) mass is 405 g/mol. The number of carbonyl (C=O) groups excluding carboxylic acids is 2. The Bertz CT molecular complexity index is 791. The third kappa shape index (κ3) is 4.30. The second-order valence-corrected chi connectivity index (χ2v) is 6.38. The van der Waals surface area contributed by atoms with Gasteiger partial charge in [-0.05, 0) is 48.9 Å². The first kappa shape index (κ1) is 17.3. The fourth-order valence-electron chi connectivity index (χ4n) is 2.25. The van der Waals surface area contributed by atoms with E-state index in [0.717, 1.165) is 10.0 Å². The van der Waals surface area contributed by atoms with E-state index < -0.39 is 12.1 Å². The van der Waals surface area contributed by atoms with Crippen molar-refractivity contribution in [2.75, 3.05) is 6.79 Å². The van der Waals surface area contributed by atoms with Gasteiger partial charge in [0, 0.05) is 11.0 Å². The van der Waals surface area contributed by atoms with E-state index in [0.29, 0.717) is 23.6 Å². The van der Waals surface area contributed by atoms with Gasteiger partial charge in [0.1, 0.15) is 0 Å². The number of benzene rings is 2. The van der Waals surface area contributed by atoms with Gasteiger partial charge in [0.15, 0.2) is 17.6 Å². The zero-order valence-corrected chi connectivity index (χ0v) is 15.0. The first-order valence-electron chi connectivity index (χ1n) is 7.66. The minimum atomic E-state index is -0.898. The van der Waals surface area contributed by atoms with E-state index in [4.69, 9.17) is 14.2 Å². The predicted octanol–water partition coefficient (Wildman–Crippen LogP) is 3.04. The topological polar surface area (TPSA) is 73.9 Å². The minimum absolute atomic E-state index is 0.203. The molecule has 1 amide bonds. The zero-order chi connectivity index (χ0) is 17.8. The molecule has 3 rings (SSSR count). The van der Waals surface area contributed by atoms with Crippen molar-refractivity contribution in [1.29, 1.82) is 0 Å². The smallest absolute Gasteiger partial charge is 0.338 e. The summed E-state index contributed by atoms with van der Waals surface area (Å²) in [6.45, 7) is 2.04. The van der Waals surface area contributed by atoms with Gasteiger partial charge in [-0.3, -0.25) is 4.79 Å². The van der Waals surface area contributed by atoms with Crippen LogP contribution >= 0.6 is 15.9 Å². The van der Waals surface area contributed by atoms with Gasteiger partial charge in [-0.25, -0.2) is 4.79 Å². The van der Waals surface area contributed by atoms with Crippen LogP contribution in [0.1, 0.15) is 22.8 Å². The summed E-state index contributed by atoms with van der Waals surface area (Å²) in [4.78, 5) is 24.1. The van der Waals surface area contributed by atoms with Crippen LogP contribution in [0.2, 0.25) is 0 Å². The van der Waals surface area contributed by atoms with Crippen molar-refractivity contribution in [3.63, 3.8) is 0 Å². The van der Waals surface area contributed by atoms with Crippen LogP contribution < -0.4 is 14.8 Å². The van der Waals surface area contributed by atoms with Gasteiger partial charge in [-0.2, -0.15) is 0 Å². The molecule has 130 valence electrons. The van der Waals surface area contributed by atoms with Crippen molar-refractivity contribution in [1.82, 2.24) is 5.32 Å². The number of rotatable bonds is 5. The van der Waals surface area contributed by atoms with Crippen molar-refractivity contribution in [2.45, 2.75) is 19.6 Å². The molecule has 0 saturated heterocycles. The standard InChI is InChI=1S/C18H16BrNO5/c1-11(25-18(22)13-3-5-14(19)6-4-13)17(21)20-9-12-2-7-15-16(8-12)24-10-23-15/h2-8,11H,9-10H2,1H3,(H,20,21)/t11-/m0/s1. The van der Waals surface area contributed by atoms with E-state index in [2.05, 4.69) is 21.2 Å². The molecule has 6 nitrogen and oxygen atoms in total. The number of ether oxygens (including phenoxy) is 3. The lowest BCUT2D eigenvalue weighted by Crippen LogP contribution is -2.35. The van der Waals surface area contributed by atoms with E-state index in [1.807, 2.05) is 6.07 Å². The van der Waals surface area contributed by atoms with Gasteiger partial charge >= 0.3 is 5.97 Å². The molecule has 0 saturated carbocycles. The lowest BCUT2D eigenvalue weighted by atomic mass is 10.2. The Morgan fingerprint density at radius 1 is 1.16 bits per heavy atom. The highest BCUT2D eigenvalue weighted by Crippen LogP contribution is 2.32. The Labute approximate surface area is 153 Å². The van der Waals surface area contributed by atoms with Crippen molar-refractivity contribution in [3.05, 3.63) is 58.1 Å². The number of fused-ring (bicyclic) bond motifs is 1. The molecule has 0 bridgehead atoms. The number of nitrogens with one attached hydrogen (secondary N) is 1. The summed E-state index contributed by atoms with van der Waals surface area (Å²) < 4.78 is 16.6. The van der Waals surface area contributed by atoms with Crippen LogP contribution in [0.15, 0.2) is 46.9 Å². The number of amides is 1. The molecule has 2 aromatic carbocycles. The van der Waals surface area contributed by atoms with E-state index in [1.165, 1.54) is 6.92 Å². The van der Waals surface area contributed by atoms with Crippen LogP contribution in [0, 0.1) is 0 Å². The highest BCUT2D eigenvalue weighted by atomic mass is 79.9. The van der Waals surface area contributed by atoms with Crippen LogP contribution in [0.4, 0.5) is 0 Å². The molecule has 0 spiro atoms. The van der Waals surface area contributed by atoms with Gasteiger partial charge in [0.25, 0.3) is 5.91 Å². The fourth-order valence-corrected chi connectivity index (χ4v) is 2.52. The SMILES string of the molecule is C[C@H](OC(=O)c1ccc(Br)cc1)C(=O)NCc1ccc2c(c1)OCO2. The van der Waals surface area contributed by atoms with Gasteiger partial charge in [0.05, 0.1) is 5.56 Å². The molecule has 7 heteroatoms. The molecule has 1 aliphatic rings. The predicted molar refractivity (Wildman–Crippen MR) is 93.4 cm³/mol. The molecule has 1 aliphatic heterocycles. The molecule has 0 aromatic heterocycles. The zero-order valence-electron chi connectivity index (χ0n) is 13.5. The number of hydrogen-bond donors (Lipinski definition) is 1. The largest absolute Gasteiger partial charge is 0.454 e. The molecule has 2 aromatic rings. The summed E-state index contributed by atoms with van der Waals surface area (Å²) >= 11 is 3.30. The van der Waals surface area contributed by atoms with Crippen molar-refractivity contribution in [3.8, 4) is 11.5 Å². The third-order valence-electron chi connectivity index (χ3n) is 3.64. The lowest BCUT2D eigenvalue weighted by Gasteiger charge is -2.14. The first-order chi connectivity index (χ1) is 12.0. The van der Waals surface area contributed by atoms with Crippen LogP contribution in [0.3, 0.4) is 0 Å². The van der Waals surface area contributed by atoms with Crippen LogP contribution in [-0.2, 0) is 16.1 Å². The van der Waals surface area contributed by atoms with Crippen molar-refractivity contribution < 1.29 is 23.8 Å². The Morgan fingerprint density at radius 2 is 1.88 bits per heavy atom. The van der Waals surface area contributed by atoms with Crippen LogP contribution in [0.5, 0.6) is 11.5 Å². The average molecular weight is 406 g/mol. The number of halogens is 1. The van der Waals surface area contributed by atoms with Crippen molar-refractivity contribution >= 4 is 27.8 Å². The fraction of sp³-hybridized carbons (Fsp3) is 0.222. The molecule has 0 fully saturated rings. The van der Waals surface area contributed by atoms with E-state index >= 15 is 0 Å². The summed E-state index contributed by atoms with van der Waals surface area (Å²) in [6, 6.07) is 12.2. The third-order valence-corrected chi connectivity index (χ3v) is 4.17. The van der Waals surface area contributed by atoms with Gasteiger partial charge in [-0.15, -0.1) is 0 Å². The van der Waals surface area contributed by atoms with E-state index in [9.17, 15) is 9.59 Å². The molecule has 0 unspecified atom stereocenters. The van der Waals surface area contributed by atoms with Crippen molar-refractivity contribution in [2.24, 2.45) is 0 Å². The van der Waals surface area contributed by atoms with Gasteiger partial charge in [-0.1, -0.05) is 22.0 Å². The quantitative estimate of drug-likeness (QED) is 0.773. The molecule has 1 N–H and O–H groups in total. The second kappa shape index (κ2) is 7.57. The summed E-state index contributed by atoms with van der Waals surface area (Å²) in [5.74, 6) is 0.426. The highest BCUT2D eigenvalue weighted by molar-refractivity contribution is 9.10. The summed E-state index contributed by atoms with van der Waals surface area (Å²) in [7, 11) is 0. The van der Waals surface area contributed by atoms with Gasteiger partial charge in [0.2, 0.25) is 6.79 Å². The Hall–Kier alpha value is -2.54. The molecule has 1 heterocycles. The Morgan fingerprint density at radius 3 is 2.64 bits per heavy atom. The van der Waals surface area contributed by atoms with Crippen LogP contribution in [0.25, 0.3) is 0 Å². The maximum Gasteiger partial charge on any atom is 0.338 e.